The molecule has 0 bridgehead atoms. The van der Waals surface area contributed by atoms with Crippen molar-refractivity contribution in [1.82, 2.24) is 15.3 Å². The highest BCUT2D eigenvalue weighted by atomic mass is 79.9. The molecule has 1 fully saturated rings. The lowest BCUT2D eigenvalue weighted by Crippen LogP contribution is -2.42. The number of hydrogen-bond acceptors (Lipinski definition) is 5. The SMILES string of the molecule is CN(C)c1nc(NC2CCC(NC(=S)Nc3ccccc3Br)CC2)nc2c1CCCC2. The largest absolute Gasteiger partial charge is 0.362 e. The third-order valence-corrected chi connectivity index (χ3v) is 7.01. The van der Waals surface area contributed by atoms with Gasteiger partial charge in [0, 0.05) is 36.2 Å². The van der Waals surface area contributed by atoms with Crippen LogP contribution < -0.4 is 20.9 Å². The molecule has 0 aliphatic heterocycles. The lowest BCUT2D eigenvalue weighted by Gasteiger charge is -2.31. The van der Waals surface area contributed by atoms with Gasteiger partial charge in [0.05, 0.1) is 11.4 Å². The van der Waals surface area contributed by atoms with Gasteiger partial charge in [0.15, 0.2) is 5.11 Å². The number of aromatic nitrogens is 2. The van der Waals surface area contributed by atoms with Crippen molar-refractivity contribution >= 4 is 50.7 Å². The van der Waals surface area contributed by atoms with E-state index in [9.17, 15) is 0 Å². The van der Waals surface area contributed by atoms with E-state index in [1.165, 1.54) is 24.1 Å². The molecule has 0 unspecified atom stereocenters. The Morgan fingerprint density at radius 1 is 1.03 bits per heavy atom. The third kappa shape index (κ3) is 5.66. The van der Waals surface area contributed by atoms with Gasteiger partial charge in [-0.15, -0.1) is 0 Å². The zero-order valence-corrected chi connectivity index (χ0v) is 20.7. The summed E-state index contributed by atoms with van der Waals surface area (Å²) in [4.78, 5) is 11.9. The summed E-state index contributed by atoms with van der Waals surface area (Å²) in [6.45, 7) is 0. The van der Waals surface area contributed by atoms with Crippen molar-refractivity contribution in [3.05, 3.63) is 40.0 Å². The average Bonchev–Trinajstić information content (AvgIpc) is 2.76. The zero-order chi connectivity index (χ0) is 21.8. The molecule has 6 nitrogen and oxygen atoms in total. The van der Waals surface area contributed by atoms with Crippen molar-refractivity contribution in [3.63, 3.8) is 0 Å². The van der Waals surface area contributed by atoms with Crippen LogP contribution in [0, 0.1) is 0 Å². The quantitative estimate of drug-likeness (QED) is 0.502. The van der Waals surface area contributed by atoms with Crippen molar-refractivity contribution in [2.45, 2.75) is 63.5 Å². The topological polar surface area (TPSA) is 65.1 Å². The molecular formula is C23H31BrN6S. The fourth-order valence-electron chi connectivity index (χ4n) is 4.48. The van der Waals surface area contributed by atoms with E-state index in [-0.39, 0.29) is 0 Å². The standard InChI is InChI=1S/C23H31BrN6S/c1-30(2)21-17-7-3-5-9-19(17)27-22(29-21)25-15-11-13-16(14-12-15)26-23(31)28-20-10-6-4-8-18(20)24/h4,6,8,10,15-16H,3,5,7,9,11-14H2,1-2H3,(H,25,27,29)(H2,26,28,31). The summed E-state index contributed by atoms with van der Waals surface area (Å²) >= 11 is 9.08. The molecule has 1 aromatic heterocycles. The highest BCUT2D eigenvalue weighted by Crippen LogP contribution is 2.29. The summed E-state index contributed by atoms with van der Waals surface area (Å²) in [6.07, 6.45) is 8.90. The lowest BCUT2D eigenvalue weighted by molar-refractivity contribution is 0.387. The fourth-order valence-corrected chi connectivity index (χ4v) is 5.14. The molecule has 0 spiro atoms. The van der Waals surface area contributed by atoms with E-state index in [0.717, 1.165) is 60.5 Å². The molecule has 0 saturated heterocycles. The van der Waals surface area contributed by atoms with Gasteiger partial charge in [0.1, 0.15) is 5.82 Å². The Morgan fingerprint density at radius 2 is 1.74 bits per heavy atom. The minimum Gasteiger partial charge on any atom is -0.362 e. The molecule has 0 radical (unpaired) electrons. The van der Waals surface area contributed by atoms with Crippen molar-refractivity contribution in [1.29, 1.82) is 0 Å². The molecule has 8 heteroatoms. The molecule has 1 heterocycles. The number of rotatable bonds is 5. The van der Waals surface area contributed by atoms with Gasteiger partial charge in [-0.25, -0.2) is 4.98 Å². The maximum atomic E-state index is 5.52. The van der Waals surface area contributed by atoms with Gasteiger partial charge in [0.25, 0.3) is 0 Å². The maximum Gasteiger partial charge on any atom is 0.225 e. The fraction of sp³-hybridized carbons (Fsp3) is 0.522. The van der Waals surface area contributed by atoms with Gasteiger partial charge in [0.2, 0.25) is 5.95 Å². The van der Waals surface area contributed by atoms with Crippen molar-refractivity contribution < 1.29 is 0 Å². The van der Waals surface area contributed by atoms with Crippen LogP contribution in [0.15, 0.2) is 28.7 Å². The number of benzene rings is 1. The predicted molar refractivity (Wildman–Crippen MR) is 136 cm³/mol. The highest BCUT2D eigenvalue weighted by Gasteiger charge is 2.24. The van der Waals surface area contributed by atoms with Crippen LogP contribution in [0.25, 0.3) is 0 Å². The van der Waals surface area contributed by atoms with Gasteiger partial charge < -0.3 is 20.9 Å². The van der Waals surface area contributed by atoms with Crippen molar-refractivity contribution in [2.24, 2.45) is 0 Å². The maximum absolute atomic E-state index is 5.52. The minimum atomic E-state index is 0.391. The van der Waals surface area contributed by atoms with E-state index in [1.54, 1.807) is 0 Å². The summed E-state index contributed by atoms with van der Waals surface area (Å²) in [5.41, 5.74) is 3.55. The van der Waals surface area contributed by atoms with Crippen molar-refractivity contribution in [2.75, 3.05) is 29.6 Å². The van der Waals surface area contributed by atoms with Crippen LogP contribution in [0.3, 0.4) is 0 Å². The number of hydrogen-bond donors (Lipinski definition) is 3. The first-order valence-electron chi connectivity index (χ1n) is 11.2. The highest BCUT2D eigenvalue weighted by molar-refractivity contribution is 9.10. The molecule has 2 aromatic rings. The monoisotopic (exact) mass is 502 g/mol. The van der Waals surface area contributed by atoms with E-state index in [2.05, 4.69) is 50.9 Å². The number of halogens is 1. The van der Waals surface area contributed by atoms with Gasteiger partial charge in [-0.2, -0.15) is 4.98 Å². The Bertz CT molecular complexity index is 926. The minimum absolute atomic E-state index is 0.391. The molecule has 4 rings (SSSR count). The molecule has 0 amide bonds. The van der Waals surface area contributed by atoms with Gasteiger partial charge in [-0.05, 0) is 91.6 Å². The van der Waals surface area contributed by atoms with E-state index in [0.29, 0.717) is 17.2 Å². The van der Waals surface area contributed by atoms with E-state index >= 15 is 0 Å². The number of para-hydroxylation sites is 1. The molecule has 3 N–H and O–H groups in total. The molecule has 166 valence electrons. The van der Waals surface area contributed by atoms with Crippen LogP contribution in [-0.2, 0) is 12.8 Å². The van der Waals surface area contributed by atoms with Gasteiger partial charge in [-0.1, -0.05) is 12.1 Å². The van der Waals surface area contributed by atoms with Crippen molar-refractivity contribution in [3.8, 4) is 0 Å². The van der Waals surface area contributed by atoms with Crippen LogP contribution in [0.2, 0.25) is 0 Å². The molecule has 1 aromatic carbocycles. The lowest BCUT2D eigenvalue weighted by atomic mass is 9.91. The van der Waals surface area contributed by atoms with Crippen LogP contribution in [0.4, 0.5) is 17.5 Å². The molecule has 31 heavy (non-hydrogen) atoms. The Morgan fingerprint density at radius 3 is 2.48 bits per heavy atom. The number of anilines is 3. The second kappa shape index (κ2) is 10.1. The van der Waals surface area contributed by atoms with Crippen LogP contribution >= 0.6 is 28.1 Å². The molecule has 0 atom stereocenters. The van der Waals surface area contributed by atoms with E-state index in [1.807, 2.05) is 24.3 Å². The molecule has 2 aliphatic rings. The Hall–Kier alpha value is -1.93. The molecule has 2 aliphatic carbocycles. The number of aryl methyl sites for hydroxylation is 1. The third-order valence-electron chi connectivity index (χ3n) is 6.10. The zero-order valence-electron chi connectivity index (χ0n) is 18.2. The average molecular weight is 504 g/mol. The first-order valence-corrected chi connectivity index (χ1v) is 12.4. The van der Waals surface area contributed by atoms with Crippen LogP contribution in [-0.4, -0.2) is 41.3 Å². The first kappa shape index (κ1) is 22.3. The van der Waals surface area contributed by atoms with Crippen LogP contribution in [0.5, 0.6) is 0 Å². The summed E-state index contributed by atoms with van der Waals surface area (Å²) in [6, 6.07) is 8.80. The Kier molecular flexibility index (Phi) is 7.27. The second-order valence-corrected chi connectivity index (χ2v) is 9.93. The number of thiocarbonyl (C=S) groups is 1. The Labute approximate surface area is 198 Å². The summed E-state index contributed by atoms with van der Waals surface area (Å²) < 4.78 is 1.01. The Balaban J connectivity index is 1.31. The number of fused-ring (bicyclic) bond motifs is 1. The van der Waals surface area contributed by atoms with Gasteiger partial charge in [-0.3, -0.25) is 0 Å². The first-order chi connectivity index (χ1) is 15.0. The molecular weight excluding hydrogens is 472 g/mol. The number of nitrogens with one attached hydrogen (secondary N) is 3. The summed E-state index contributed by atoms with van der Waals surface area (Å²) in [7, 11) is 4.14. The summed E-state index contributed by atoms with van der Waals surface area (Å²) in [5.74, 6) is 1.86. The molecule has 1 saturated carbocycles. The number of nitrogens with zero attached hydrogens (tertiary/aromatic N) is 3. The van der Waals surface area contributed by atoms with E-state index in [4.69, 9.17) is 22.2 Å². The van der Waals surface area contributed by atoms with Gasteiger partial charge >= 0.3 is 0 Å². The summed E-state index contributed by atoms with van der Waals surface area (Å²) in [5, 5.41) is 11.1. The second-order valence-electron chi connectivity index (χ2n) is 8.67. The van der Waals surface area contributed by atoms with E-state index < -0.39 is 0 Å². The smallest absolute Gasteiger partial charge is 0.225 e. The van der Waals surface area contributed by atoms with Crippen LogP contribution in [0.1, 0.15) is 49.8 Å². The normalized spacial score (nSPS) is 20.5. The predicted octanol–water partition coefficient (Wildman–Crippen LogP) is 4.89.